The average Bonchev–Trinajstić information content (AvgIpc) is 2.79. The maximum Gasteiger partial charge on any atom is 0.236 e. The van der Waals surface area contributed by atoms with Gasteiger partial charge in [0.1, 0.15) is 17.1 Å². The number of benzene rings is 2. The van der Waals surface area contributed by atoms with Crippen molar-refractivity contribution in [2.24, 2.45) is 5.73 Å². The molecular formula is C22H17F2N5O2. The smallest absolute Gasteiger partial charge is 0.236 e. The lowest BCUT2D eigenvalue weighted by molar-refractivity contribution is -0.116. The van der Waals surface area contributed by atoms with Crippen molar-refractivity contribution >= 4 is 22.6 Å². The first-order chi connectivity index (χ1) is 15.0. The van der Waals surface area contributed by atoms with E-state index in [0.717, 1.165) is 6.07 Å². The number of hydrogen-bond acceptors (Lipinski definition) is 6. The Labute approximate surface area is 175 Å². The predicted molar refractivity (Wildman–Crippen MR) is 112 cm³/mol. The molecule has 0 saturated heterocycles. The molecule has 0 radical (unpaired) electrons. The van der Waals surface area contributed by atoms with Crippen molar-refractivity contribution in [1.29, 1.82) is 0 Å². The van der Waals surface area contributed by atoms with E-state index in [1.54, 1.807) is 36.7 Å². The van der Waals surface area contributed by atoms with Crippen LogP contribution in [0.1, 0.15) is 0 Å². The Kier molecular flexibility index (Phi) is 5.40. The van der Waals surface area contributed by atoms with Crippen LogP contribution in [0.5, 0.6) is 5.75 Å². The molecule has 0 bridgehead atoms. The number of anilines is 1. The van der Waals surface area contributed by atoms with Gasteiger partial charge in [0.25, 0.3) is 0 Å². The third-order valence-electron chi connectivity index (χ3n) is 4.60. The molecule has 2 aromatic heterocycles. The number of fused-ring (bicyclic) bond motifs is 1. The second-order valence-electron chi connectivity index (χ2n) is 6.63. The van der Waals surface area contributed by atoms with E-state index in [1.807, 2.05) is 0 Å². The zero-order valence-electron chi connectivity index (χ0n) is 16.4. The summed E-state index contributed by atoms with van der Waals surface area (Å²) in [6, 6.07) is 10.6. The van der Waals surface area contributed by atoms with Crippen LogP contribution in [0.15, 0.2) is 54.9 Å². The van der Waals surface area contributed by atoms with Crippen LogP contribution in [-0.4, -0.2) is 34.5 Å². The number of nitrogens with zero attached hydrogens (tertiary/aromatic N) is 3. The summed E-state index contributed by atoms with van der Waals surface area (Å²) < 4.78 is 33.7. The molecule has 1 amide bonds. The minimum Gasteiger partial charge on any atom is -0.494 e. The number of nitrogens with two attached hydrogens (primary N) is 1. The number of pyridine rings is 1. The van der Waals surface area contributed by atoms with Crippen LogP contribution in [0.25, 0.3) is 33.4 Å². The predicted octanol–water partition coefficient (Wildman–Crippen LogP) is 3.54. The first-order valence-corrected chi connectivity index (χ1v) is 9.24. The van der Waals surface area contributed by atoms with Crippen molar-refractivity contribution < 1.29 is 18.3 Å². The quantitative estimate of drug-likeness (QED) is 0.494. The fourth-order valence-electron chi connectivity index (χ4n) is 3.17. The lowest BCUT2D eigenvalue weighted by Crippen LogP contribution is -2.22. The molecule has 0 saturated carbocycles. The highest BCUT2D eigenvalue weighted by molar-refractivity contribution is 5.98. The molecule has 0 aliphatic carbocycles. The zero-order chi connectivity index (χ0) is 22.0. The summed E-state index contributed by atoms with van der Waals surface area (Å²) in [5.41, 5.74) is 6.76. The van der Waals surface area contributed by atoms with E-state index in [0.29, 0.717) is 39.4 Å². The van der Waals surface area contributed by atoms with Crippen molar-refractivity contribution in [2.45, 2.75) is 0 Å². The monoisotopic (exact) mass is 421 g/mol. The first kappa shape index (κ1) is 20.1. The van der Waals surface area contributed by atoms with Gasteiger partial charge in [-0.1, -0.05) is 12.1 Å². The molecule has 0 atom stereocenters. The summed E-state index contributed by atoms with van der Waals surface area (Å²) in [5, 5.41) is 3.33. The summed E-state index contributed by atoms with van der Waals surface area (Å²) in [7, 11) is 1.45. The van der Waals surface area contributed by atoms with Crippen LogP contribution in [0, 0.1) is 11.6 Å². The van der Waals surface area contributed by atoms with Gasteiger partial charge in [0, 0.05) is 28.9 Å². The summed E-state index contributed by atoms with van der Waals surface area (Å²) >= 11 is 0. The fraction of sp³-hybridized carbons (Fsp3) is 0.0909. The maximum atomic E-state index is 14.4. The number of carbonyl (C=O) groups excluding carboxylic acids is 1. The van der Waals surface area contributed by atoms with Crippen molar-refractivity contribution in [3.63, 3.8) is 0 Å². The molecule has 3 N–H and O–H groups in total. The molecule has 0 aliphatic rings. The third kappa shape index (κ3) is 3.97. The number of ether oxygens (including phenoxy) is 1. The lowest BCUT2D eigenvalue weighted by Gasteiger charge is -2.14. The molecule has 2 heterocycles. The van der Waals surface area contributed by atoms with Gasteiger partial charge in [0.05, 0.1) is 13.7 Å². The Morgan fingerprint density at radius 1 is 1.13 bits per heavy atom. The fourth-order valence-corrected chi connectivity index (χ4v) is 3.17. The second kappa shape index (κ2) is 8.31. The summed E-state index contributed by atoms with van der Waals surface area (Å²) in [6.07, 6.45) is 3.22. The van der Waals surface area contributed by atoms with Crippen molar-refractivity contribution in [2.75, 3.05) is 19.0 Å². The Hall–Kier alpha value is -4.14. The number of carbonyl (C=O) groups is 1. The van der Waals surface area contributed by atoms with Gasteiger partial charge in [-0.2, -0.15) is 0 Å². The summed E-state index contributed by atoms with van der Waals surface area (Å²) in [6.45, 7) is -0.181. The second-order valence-corrected chi connectivity index (χ2v) is 6.63. The number of halogens is 2. The van der Waals surface area contributed by atoms with E-state index < -0.39 is 17.5 Å². The van der Waals surface area contributed by atoms with Crippen LogP contribution in [0.4, 0.5) is 14.6 Å². The molecule has 156 valence electrons. The third-order valence-corrected chi connectivity index (χ3v) is 4.60. The summed E-state index contributed by atoms with van der Waals surface area (Å²) in [5.74, 6) is -1.58. The molecule has 0 aliphatic heterocycles. The van der Waals surface area contributed by atoms with Crippen molar-refractivity contribution in [1.82, 2.24) is 15.0 Å². The number of aromatic nitrogens is 3. The Morgan fingerprint density at radius 2 is 1.97 bits per heavy atom. The van der Waals surface area contributed by atoms with Gasteiger partial charge in [-0.25, -0.2) is 18.7 Å². The largest absolute Gasteiger partial charge is 0.494 e. The lowest BCUT2D eigenvalue weighted by atomic mass is 10.0. The number of amides is 1. The number of nitrogens with one attached hydrogen (secondary N) is 1. The van der Waals surface area contributed by atoms with Crippen LogP contribution < -0.4 is 15.8 Å². The highest BCUT2D eigenvalue weighted by Crippen LogP contribution is 2.36. The number of hydrogen-bond donors (Lipinski definition) is 2. The molecule has 0 fully saturated rings. The summed E-state index contributed by atoms with van der Waals surface area (Å²) in [4.78, 5) is 24.5. The van der Waals surface area contributed by atoms with E-state index in [4.69, 9.17) is 10.5 Å². The van der Waals surface area contributed by atoms with Gasteiger partial charge < -0.3 is 15.8 Å². The Morgan fingerprint density at radius 3 is 2.68 bits per heavy atom. The maximum absolute atomic E-state index is 14.4. The van der Waals surface area contributed by atoms with Crippen molar-refractivity contribution in [3.05, 3.63) is 66.5 Å². The molecular weight excluding hydrogens is 404 g/mol. The van der Waals surface area contributed by atoms with Crippen LogP contribution in [-0.2, 0) is 4.79 Å². The minimum atomic E-state index is -0.983. The van der Waals surface area contributed by atoms with Gasteiger partial charge in [-0.05, 0) is 35.9 Å². The van der Waals surface area contributed by atoms with E-state index >= 15 is 0 Å². The minimum absolute atomic E-state index is 0.0531. The van der Waals surface area contributed by atoms with E-state index in [2.05, 4.69) is 20.3 Å². The van der Waals surface area contributed by atoms with Gasteiger partial charge in [0.15, 0.2) is 17.5 Å². The van der Waals surface area contributed by atoms with Gasteiger partial charge in [-0.15, -0.1) is 0 Å². The van der Waals surface area contributed by atoms with Gasteiger partial charge >= 0.3 is 0 Å². The molecule has 0 spiro atoms. The zero-order valence-corrected chi connectivity index (χ0v) is 16.4. The molecule has 2 aromatic carbocycles. The molecule has 4 aromatic rings. The first-order valence-electron chi connectivity index (χ1n) is 9.24. The number of primary amides is 1. The van der Waals surface area contributed by atoms with Crippen LogP contribution >= 0.6 is 0 Å². The molecule has 4 rings (SSSR count). The average molecular weight is 421 g/mol. The molecule has 9 heteroatoms. The van der Waals surface area contributed by atoms with E-state index in [-0.39, 0.29) is 12.1 Å². The van der Waals surface area contributed by atoms with Crippen LogP contribution in [0.3, 0.4) is 0 Å². The van der Waals surface area contributed by atoms with Crippen LogP contribution in [0.2, 0.25) is 0 Å². The van der Waals surface area contributed by atoms with Gasteiger partial charge in [0.2, 0.25) is 5.91 Å². The normalized spacial score (nSPS) is 10.8. The highest BCUT2D eigenvalue weighted by Gasteiger charge is 2.18. The van der Waals surface area contributed by atoms with E-state index in [9.17, 15) is 13.6 Å². The number of rotatable bonds is 6. The SMILES string of the molecule is COc1cc(-c2cccc(F)c2F)cc2c(NCC(N)=O)nc(-c3cccnc3)nc12. The van der Waals surface area contributed by atoms with Gasteiger partial charge in [-0.3, -0.25) is 9.78 Å². The van der Waals surface area contributed by atoms with E-state index in [1.165, 1.54) is 19.2 Å². The highest BCUT2D eigenvalue weighted by atomic mass is 19.2. The molecule has 7 nitrogen and oxygen atoms in total. The topological polar surface area (TPSA) is 103 Å². The molecule has 31 heavy (non-hydrogen) atoms. The standard InChI is InChI=1S/C22H17F2N5O2/c1-31-17-9-13(14-5-2-6-16(23)19(14)24)8-15-20(17)28-21(12-4-3-7-26-10-12)29-22(15)27-11-18(25)30/h2-10H,11H2,1H3,(H2,25,30)(H,27,28,29). The Bertz CT molecular complexity index is 1280. The molecule has 0 unspecified atom stereocenters. The Balaban J connectivity index is 1.98. The van der Waals surface area contributed by atoms with Crippen molar-refractivity contribution in [3.8, 4) is 28.3 Å². The number of methoxy groups -OCH3 is 1.